The molecule has 16 heteroatoms. The predicted octanol–water partition coefficient (Wildman–Crippen LogP) is 5.81. The first kappa shape index (κ1) is 30.3. The molecule has 1 amide bonds. The lowest BCUT2D eigenvalue weighted by Crippen LogP contribution is -2.29. The number of anilines is 1. The smallest absolute Gasteiger partial charge is 0.348 e. The van der Waals surface area contributed by atoms with E-state index in [0.717, 1.165) is 0 Å². The van der Waals surface area contributed by atoms with Crippen LogP contribution >= 0.6 is 23.2 Å². The van der Waals surface area contributed by atoms with E-state index < -0.39 is 24.2 Å². The molecule has 5 aromatic rings. The molecule has 0 radical (unpaired) electrons. The summed E-state index contributed by atoms with van der Waals surface area (Å²) in [5, 5.41) is 15.0. The average Bonchev–Trinajstić information content (AvgIpc) is 3.65. The SMILES string of the molecule is COc1cn(C2CCC[C@@H](C)C(=O)Nc3cnn(C(F)F)c3-c3ccnc2c3)c(=O)nc1-c1cc(Cl)ccc1-n1cc(Cl)nn1. The molecule has 12 nitrogen and oxygen atoms in total. The number of rotatable bonds is 5. The molecule has 1 aromatic carbocycles. The van der Waals surface area contributed by atoms with E-state index in [4.69, 9.17) is 27.9 Å². The monoisotopic (exact) mass is 655 g/mol. The first-order chi connectivity index (χ1) is 21.6. The highest BCUT2D eigenvalue weighted by atomic mass is 35.5. The van der Waals surface area contributed by atoms with Crippen LogP contribution in [0.15, 0.2) is 59.9 Å². The highest BCUT2D eigenvalue weighted by Gasteiger charge is 2.27. The number of pyridine rings is 1. The second kappa shape index (κ2) is 12.4. The predicted molar refractivity (Wildman–Crippen MR) is 162 cm³/mol. The molecule has 1 unspecified atom stereocenters. The Bertz CT molecular complexity index is 1960. The minimum absolute atomic E-state index is 0.0219. The summed E-state index contributed by atoms with van der Waals surface area (Å²) in [6.45, 7) is -1.21. The number of carbonyl (C=O) groups is 1. The summed E-state index contributed by atoms with van der Waals surface area (Å²) in [5.74, 6) is -0.526. The Balaban J connectivity index is 1.50. The van der Waals surface area contributed by atoms with Gasteiger partial charge in [-0.25, -0.2) is 14.2 Å². The molecule has 0 spiro atoms. The fourth-order valence-corrected chi connectivity index (χ4v) is 5.68. The summed E-state index contributed by atoms with van der Waals surface area (Å²) in [5.41, 5.74) is 1.46. The number of carbonyl (C=O) groups excluding carboxylic acids is 1. The molecule has 6 rings (SSSR count). The van der Waals surface area contributed by atoms with Crippen molar-refractivity contribution in [2.75, 3.05) is 12.4 Å². The summed E-state index contributed by atoms with van der Waals surface area (Å²) < 4.78 is 37.0. The third-order valence-electron chi connectivity index (χ3n) is 7.60. The largest absolute Gasteiger partial charge is 0.493 e. The number of aromatic nitrogens is 8. The van der Waals surface area contributed by atoms with E-state index in [-0.39, 0.29) is 33.9 Å². The number of hydrogen-bond acceptors (Lipinski definition) is 8. The van der Waals surface area contributed by atoms with Crippen molar-refractivity contribution in [2.24, 2.45) is 5.92 Å². The first-order valence-electron chi connectivity index (χ1n) is 13.8. The summed E-state index contributed by atoms with van der Waals surface area (Å²) >= 11 is 12.3. The van der Waals surface area contributed by atoms with Crippen LogP contribution in [0.4, 0.5) is 14.5 Å². The molecule has 1 aliphatic rings. The second-order valence-electron chi connectivity index (χ2n) is 10.4. The lowest BCUT2D eigenvalue weighted by Gasteiger charge is -2.23. The van der Waals surface area contributed by atoms with E-state index in [9.17, 15) is 18.4 Å². The second-order valence-corrected chi connectivity index (χ2v) is 11.3. The van der Waals surface area contributed by atoms with Crippen molar-refractivity contribution in [3.63, 3.8) is 0 Å². The number of nitrogens with zero attached hydrogens (tertiary/aromatic N) is 8. The number of fused-ring (bicyclic) bond motifs is 4. The minimum atomic E-state index is -2.96. The molecule has 0 saturated carbocycles. The normalized spacial score (nSPS) is 16.9. The lowest BCUT2D eigenvalue weighted by molar-refractivity contribution is -0.119. The van der Waals surface area contributed by atoms with Gasteiger partial charge in [-0.2, -0.15) is 18.9 Å². The number of hydrogen-bond donors (Lipinski definition) is 1. The van der Waals surface area contributed by atoms with E-state index in [1.54, 1.807) is 37.3 Å². The third kappa shape index (κ3) is 5.90. The van der Waals surface area contributed by atoms with Crippen LogP contribution in [0.2, 0.25) is 10.2 Å². The summed E-state index contributed by atoms with van der Waals surface area (Å²) in [6, 6.07) is 7.44. The molecule has 5 heterocycles. The molecule has 45 heavy (non-hydrogen) atoms. The van der Waals surface area contributed by atoms with Crippen LogP contribution in [-0.4, -0.2) is 52.3 Å². The Morgan fingerprint density at radius 2 is 1.93 bits per heavy atom. The van der Waals surface area contributed by atoms with Gasteiger partial charge in [-0.15, -0.1) is 5.10 Å². The fourth-order valence-electron chi connectivity index (χ4n) is 5.38. The highest BCUT2D eigenvalue weighted by molar-refractivity contribution is 6.31. The van der Waals surface area contributed by atoms with Crippen molar-refractivity contribution >= 4 is 34.8 Å². The molecule has 4 aromatic heterocycles. The zero-order valence-corrected chi connectivity index (χ0v) is 25.4. The fraction of sp³-hybridized carbons (Fsp3) is 0.276. The van der Waals surface area contributed by atoms with Crippen LogP contribution in [0.5, 0.6) is 5.75 Å². The van der Waals surface area contributed by atoms with Gasteiger partial charge in [-0.3, -0.25) is 14.3 Å². The molecule has 0 saturated heterocycles. The Kier molecular flexibility index (Phi) is 8.34. The van der Waals surface area contributed by atoms with Crippen LogP contribution in [0.1, 0.15) is 44.5 Å². The Morgan fingerprint density at radius 3 is 2.67 bits per heavy atom. The van der Waals surface area contributed by atoms with Crippen LogP contribution in [0, 0.1) is 5.92 Å². The Labute approximate surface area is 264 Å². The van der Waals surface area contributed by atoms with Crippen LogP contribution in [-0.2, 0) is 4.79 Å². The Hall–Kier alpha value is -4.69. The van der Waals surface area contributed by atoms with Crippen molar-refractivity contribution in [1.29, 1.82) is 0 Å². The zero-order chi connectivity index (χ0) is 31.8. The molecule has 232 valence electrons. The van der Waals surface area contributed by atoms with Crippen molar-refractivity contribution in [3.8, 4) is 34.0 Å². The van der Waals surface area contributed by atoms with E-state index in [0.29, 0.717) is 51.5 Å². The topological polar surface area (TPSA) is 135 Å². The summed E-state index contributed by atoms with van der Waals surface area (Å²) in [4.78, 5) is 35.7. The highest BCUT2D eigenvalue weighted by Crippen LogP contribution is 2.37. The van der Waals surface area contributed by atoms with E-state index in [2.05, 4.69) is 30.7 Å². The maximum Gasteiger partial charge on any atom is 0.348 e. The van der Waals surface area contributed by atoms with Gasteiger partial charge in [0.2, 0.25) is 5.91 Å². The van der Waals surface area contributed by atoms with E-state index in [1.165, 1.54) is 41.1 Å². The van der Waals surface area contributed by atoms with Gasteiger partial charge in [0.1, 0.15) is 5.69 Å². The summed E-state index contributed by atoms with van der Waals surface area (Å²) in [6.07, 6.45) is 7.08. The summed E-state index contributed by atoms with van der Waals surface area (Å²) in [7, 11) is 1.44. The Morgan fingerprint density at radius 1 is 1.11 bits per heavy atom. The first-order valence-corrected chi connectivity index (χ1v) is 14.6. The van der Waals surface area contributed by atoms with E-state index in [1.807, 2.05) is 0 Å². The zero-order valence-electron chi connectivity index (χ0n) is 23.9. The van der Waals surface area contributed by atoms with Crippen LogP contribution in [0.25, 0.3) is 28.2 Å². The number of nitrogens with one attached hydrogen (secondary N) is 1. The molecule has 2 bridgehead atoms. The molecular formula is C29H25Cl2F2N9O3. The number of alkyl halides is 2. The molecule has 2 atom stereocenters. The maximum atomic E-state index is 14.0. The van der Waals surface area contributed by atoms with Gasteiger partial charge in [0, 0.05) is 28.3 Å². The van der Waals surface area contributed by atoms with Gasteiger partial charge in [0.25, 0.3) is 0 Å². The molecular weight excluding hydrogens is 631 g/mol. The average molecular weight is 656 g/mol. The van der Waals surface area contributed by atoms with Gasteiger partial charge in [-0.1, -0.05) is 41.8 Å². The standard InChI is InChI=1S/C29H25Cl2F2N9O3/c1-15-4-3-5-22(19-10-16(8-9-34-19)26-20(36-27(15)43)12-35-42(26)28(32)33)40-13-23(45-2)25(37-29(40)44)18-11-17(30)6-7-21(18)41-14-24(31)38-39-41/h6-15,22,28H,3-5H2,1-2H3,(H,36,43)/t15-,22?/m1/s1. The number of benzene rings is 1. The number of ether oxygens (including phenoxy) is 1. The molecule has 1 N–H and O–H groups in total. The van der Waals surface area contributed by atoms with Gasteiger partial charge < -0.3 is 10.1 Å². The van der Waals surface area contributed by atoms with Crippen molar-refractivity contribution in [1.82, 2.24) is 39.3 Å². The quantitative estimate of drug-likeness (QED) is 0.251. The minimum Gasteiger partial charge on any atom is -0.493 e. The lowest BCUT2D eigenvalue weighted by atomic mass is 9.97. The molecule has 0 fully saturated rings. The number of methoxy groups -OCH3 is 1. The number of halogens is 4. The maximum absolute atomic E-state index is 14.0. The molecule has 0 aliphatic carbocycles. The third-order valence-corrected chi connectivity index (χ3v) is 8.00. The van der Waals surface area contributed by atoms with Crippen LogP contribution in [0.3, 0.4) is 0 Å². The van der Waals surface area contributed by atoms with Gasteiger partial charge in [-0.05, 0) is 43.2 Å². The van der Waals surface area contributed by atoms with Crippen molar-refractivity contribution < 1.29 is 18.3 Å². The van der Waals surface area contributed by atoms with Crippen molar-refractivity contribution in [3.05, 3.63) is 81.5 Å². The van der Waals surface area contributed by atoms with Crippen molar-refractivity contribution in [2.45, 2.75) is 38.8 Å². The molecule has 1 aliphatic heterocycles. The van der Waals surface area contributed by atoms with Gasteiger partial charge >= 0.3 is 12.2 Å². The van der Waals surface area contributed by atoms with Crippen LogP contribution < -0.4 is 15.7 Å². The number of amides is 1. The van der Waals surface area contributed by atoms with E-state index >= 15 is 0 Å². The van der Waals surface area contributed by atoms with Gasteiger partial charge in [0.15, 0.2) is 10.9 Å². The van der Waals surface area contributed by atoms with Gasteiger partial charge in [0.05, 0.1) is 54.5 Å².